The molecule has 3 amide bonds. The Labute approximate surface area is 270 Å². The molecule has 4 aliphatic rings. The Morgan fingerprint density at radius 1 is 0.978 bits per heavy atom. The Morgan fingerprint density at radius 3 is 2.40 bits per heavy atom. The number of likely N-dealkylation sites (tertiary alicyclic amines) is 1. The lowest BCUT2D eigenvalue weighted by molar-refractivity contribution is -0.142. The molecule has 0 saturated carbocycles. The largest absolute Gasteiger partial charge is 0.494 e. The van der Waals surface area contributed by atoms with Gasteiger partial charge in [-0.15, -0.1) is 11.8 Å². The number of aliphatic hydroxyl groups is 1. The molecule has 8 nitrogen and oxygen atoms in total. The van der Waals surface area contributed by atoms with Crippen LogP contribution in [0.5, 0.6) is 5.75 Å². The number of benzene rings is 2. The molecule has 238 valence electrons. The van der Waals surface area contributed by atoms with E-state index < -0.39 is 28.7 Å². The first-order valence-electron chi connectivity index (χ1n) is 16.0. The number of nitrogens with zero attached hydrogens (tertiary/aromatic N) is 3. The summed E-state index contributed by atoms with van der Waals surface area (Å²) in [5, 5.41) is 10.4. The van der Waals surface area contributed by atoms with Gasteiger partial charge in [0.1, 0.15) is 11.8 Å². The van der Waals surface area contributed by atoms with Crippen molar-refractivity contribution in [2.24, 2.45) is 17.8 Å². The number of ether oxygens (including phenoxy) is 1. The molecule has 2 fully saturated rings. The molecular weight excluding hydrogens is 586 g/mol. The summed E-state index contributed by atoms with van der Waals surface area (Å²) in [4.78, 5) is 49.4. The molecule has 9 heteroatoms. The van der Waals surface area contributed by atoms with Crippen LogP contribution in [-0.2, 0) is 14.4 Å². The van der Waals surface area contributed by atoms with E-state index in [1.54, 1.807) is 26.5 Å². The maximum absolute atomic E-state index is 14.9. The van der Waals surface area contributed by atoms with Crippen molar-refractivity contribution in [3.8, 4) is 5.75 Å². The van der Waals surface area contributed by atoms with Gasteiger partial charge in [-0.2, -0.15) is 0 Å². The maximum atomic E-state index is 14.9. The smallest absolute Gasteiger partial charge is 0.251 e. The molecule has 2 saturated heterocycles. The molecule has 1 N–H and O–H groups in total. The van der Waals surface area contributed by atoms with Crippen molar-refractivity contribution in [2.75, 3.05) is 36.1 Å². The van der Waals surface area contributed by atoms with Crippen molar-refractivity contribution in [2.45, 2.75) is 63.1 Å². The molecule has 0 aliphatic carbocycles. The van der Waals surface area contributed by atoms with Gasteiger partial charge < -0.3 is 24.5 Å². The van der Waals surface area contributed by atoms with Crippen molar-refractivity contribution < 1.29 is 24.2 Å². The minimum Gasteiger partial charge on any atom is -0.494 e. The number of anilines is 2. The summed E-state index contributed by atoms with van der Waals surface area (Å²) in [5.41, 5.74) is 3.57. The van der Waals surface area contributed by atoms with Crippen LogP contribution in [0.15, 0.2) is 66.8 Å². The summed E-state index contributed by atoms with van der Waals surface area (Å²) in [6.45, 7) is 11.1. The van der Waals surface area contributed by atoms with Crippen molar-refractivity contribution in [1.29, 1.82) is 0 Å². The monoisotopic (exact) mass is 629 g/mol. The quantitative estimate of drug-likeness (QED) is 0.418. The van der Waals surface area contributed by atoms with Crippen LogP contribution in [0.25, 0.3) is 0 Å². The van der Waals surface area contributed by atoms with Crippen LogP contribution >= 0.6 is 11.8 Å². The van der Waals surface area contributed by atoms with Crippen molar-refractivity contribution >= 4 is 40.9 Å². The zero-order valence-electron chi connectivity index (χ0n) is 26.7. The normalized spacial score (nSPS) is 28.2. The number of rotatable bonds is 8. The van der Waals surface area contributed by atoms with Gasteiger partial charge in [-0.05, 0) is 74.6 Å². The Balaban J connectivity index is 1.45. The van der Waals surface area contributed by atoms with E-state index >= 15 is 0 Å². The highest BCUT2D eigenvalue weighted by Gasteiger charge is 2.71. The number of aliphatic hydroxyl groups excluding tert-OH is 1. The SMILES string of the molecule is CCOc1ccc(N2CC=C[C@@H]3S[C@]45C=CCN(c6cc(C)ccc6C)C(=O)C4N([C@@H](CO)CC(C)C)C(=O)[C@@H]5[C@@H]3C2=O)cc1. The van der Waals surface area contributed by atoms with Gasteiger partial charge in [0.2, 0.25) is 11.8 Å². The number of hydrogen-bond acceptors (Lipinski definition) is 6. The lowest BCUT2D eigenvalue weighted by Crippen LogP contribution is -2.57. The van der Waals surface area contributed by atoms with Gasteiger partial charge in [0.25, 0.3) is 5.91 Å². The van der Waals surface area contributed by atoms with Gasteiger partial charge >= 0.3 is 0 Å². The van der Waals surface area contributed by atoms with Crippen molar-refractivity contribution in [3.05, 3.63) is 77.9 Å². The van der Waals surface area contributed by atoms with Crippen LogP contribution in [0.2, 0.25) is 0 Å². The van der Waals surface area contributed by atoms with E-state index in [9.17, 15) is 19.5 Å². The lowest BCUT2D eigenvalue weighted by atomic mass is 9.78. The molecule has 1 unspecified atom stereocenters. The number of thioether (sulfide) groups is 1. The molecule has 2 aromatic rings. The molecule has 0 radical (unpaired) electrons. The third-order valence-electron chi connectivity index (χ3n) is 9.56. The third-order valence-corrected chi connectivity index (χ3v) is 11.3. The minimum absolute atomic E-state index is 0.127. The molecule has 0 aromatic heterocycles. The first-order valence-corrected chi connectivity index (χ1v) is 16.9. The Morgan fingerprint density at radius 2 is 1.71 bits per heavy atom. The van der Waals surface area contributed by atoms with E-state index in [-0.39, 0.29) is 35.5 Å². The molecule has 2 aromatic carbocycles. The van der Waals surface area contributed by atoms with Crippen molar-refractivity contribution in [1.82, 2.24) is 4.90 Å². The number of carbonyl (C=O) groups excluding carboxylic acids is 3. The van der Waals surface area contributed by atoms with Crippen LogP contribution < -0.4 is 14.5 Å². The molecule has 4 heterocycles. The second kappa shape index (κ2) is 12.3. The van der Waals surface area contributed by atoms with E-state index in [2.05, 4.69) is 13.8 Å². The zero-order valence-corrected chi connectivity index (χ0v) is 27.5. The summed E-state index contributed by atoms with van der Waals surface area (Å²) in [6, 6.07) is 12.1. The number of fused-ring (bicyclic) bond motifs is 2. The van der Waals surface area contributed by atoms with E-state index in [0.29, 0.717) is 26.1 Å². The van der Waals surface area contributed by atoms with Gasteiger partial charge in [0.05, 0.1) is 35.8 Å². The predicted octanol–water partition coefficient (Wildman–Crippen LogP) is 4.91. The van der Waals surface area contributed by atoms with Crippen LogP contribution in [0.4, 0.5) is 11.4 Å². The zero-order chi connectivity index (χ0) is 32.0. The van der Waals surface area contributed by atoms with Gasteiger partial charge in [-0.3, -0.25) is 14.4 Å². The van der Waals surface area contributed by atoms with Gasteiger partial charge in [-0.1, -0.05) is 50.3 Å². The molecule has 6 atom stereocenters. The number of aryl methyl sites for hydroxylation is 2. The summed E-state index contributed by atoms with van der Waals surface area (Å²) >= 11 is 1.56. The Kier molecular flexibility index (Phi) is 8.61. The first kappa shape index (κ1) is 31.4. The second-order valence-corrected chi connectivity index (χ2v) is 14.5. The fraction of sp³-hybridized carbons (Fsp3) is 0.472. The van der Waals surface area contributed by atoms with Crippen LogP contribution in [0.1, 0.15) is 38.3 Å². The summed E-state index contributed by atoms with van der Waals surface area (Å²) in [5.74, 6) is -1.02. The summed E-state index contributed by atoms with van der Waals surface area (Å²) in [7, 11) is 0. The van der Waals surface area contributed by atoms with E-state index in [1.807, 2.05) is 87.5 Å². The highest BCUT2D eigenvalue weighted by molar-refractivity contribution is 8.02. The topological polar surface area (TPSA) is 90.4 Å². The molecule has 6 rings (SSSR count). The second-order valence-electron chi connectivity index (χ2n) is 13.0. The van der Waals surface area contributed by atoms with E-state index in [0.717, 1.165) is 28.3 Å². The fourth-order valence-corrected chi connectivity index (χ4v) is 9.63. The molecule has 45 heavy (non-hydrogen) atoms. The van der Waals surface area contributed by atoms with E-state index in [4.69, 9.17) is 4.74 Å². The van der Waals surface area contributed by atoms with Crippen LogP contribution in [0, 0.1) is 31.6 Å². The average Bonchev–Trinajstić information content (AvgIpc) is 3.33. The molecule has 4 aliphatic heterocycles. The van der Waals surface area contributed by atoms with Gasteiger partial charge in [-0.25, -0.2) is 0 Å². The van der Waals surface area contributed by atoms with Gasteiger partial charge in [0, 0.05) is 29.7 Å². The summed E-state index contributed by atoms with van der Waals surface area (Å²) in [6.07, 6.45) is 8.63. The van der Waals surface area contributed by atoms with Crippen molar-refractivity contribution in [3.63, 3.8) is 0 Å². The molecule has 1 spiro atoms. The highest BCUT2D eigenvalue weighted by Crippen LogP contribution is 2.61. The number of hydrogen-bond donors (Lipinski definition) is 1. The Bertz CT molecular complexity index is 1540. The fourth-order valence-electron chi connectivity index (χ4n) is 7.64. The maximum Gasteiger partial charge on any atom is 0.251 e. The average molecular weight is 630 g/mol. The summed E-state index contributed by atoms with van der Waals surface area (Å²) < 4.78 is 4.66. The van der Waals surface area contributed by atoms with Gasteiger partial charge in [0.15, 0.2) is 0 Å². The first-order chi connectivity index (χ1) is 21.6. The third kappa shape index (κ3) is 5.27. The molecular formula is C36H43N3O5S. The standard InChI is InChI=1S/C36H43N3O5S/c1-6-44-27-14-12-25(13-15-27)37-17-7-9-29-30(33(37)41)31-34(42)39(26(21-40)19-22(2)3)32-35(43)38(18-8-16-36(31,32)45-29)28-20-23(4)10-11-24(28)5/h7-16,20,22,26,29-32,40H,6,17-19,21H2,1-5H3/t26-,29+,30-,31+,32?,36+/m1/s1. The van der Waals surface area contributed by atoms with Crippen LogP contribution in [-0.4, -0.2) is 76.1 Å². The minimum atomic E-state index is -0.956. The van der Waals surface area contributed by atoms with Crippen LogP contribution in [0.3, 0.4) is 0 Å². The van der Waals surface area contributed by atoms with E-state index in [1.165, 1.54) is 0 Å². The number of amides is 3. The predicted molar refractivity (Wildman–Crippen MR) is 179 cm³/mol. The lowest BCUT2D eigenvalue weighted by Gasteiger charge is -2.39. The Hall–Kier alpha value is -3.56. The molecule has 0 bridgehead atoms. The number of carbonyl (C=O) groups is 3. The highest BCUT2D eigenvalue weighted by atomic mass is 32.2.